The summed E-state index contributed by atoms with van der Waals surface area (Å²) in [5, 5.41) is 12.8. The molecule has 2 heterocycles. The molecule has 0 bridgehead atoms. The van der Waals surface area contributed by atoms with Crippen molar-refractivity contribution in [3.8, 4) is 6.07 Å². The predicted molar refractivity (Wildman–Crippen MR) is 201 cm³/mol. The molecule has 0 unspecified atom stereocenters. The molecule has 0 atom stereocenters. The Morgan fingerprint density at radius 1 is 0.878 bits per heavy atom. The highest BCUT2D eigenvalue weighted by atomic mass is 32.1. The van der Waals surface area contributed by atoms with Crippen molar-refractivity contribution in [3.05, 3.63) is 62.7 Å². The van der Waals surface area contributed by atoms with E-state index in [1.807, 2.05) is 13.0 Å². The number of anilines is 1. The lowest BCUT2D eigenvalue weighted by Crippen LogP contribution is -2.53. The van der Waals surface area contributed by atoms with E-state index in [0.717, 1.165) is 57.2 Å². The van der Waals surface area contributed by atoms with E-state index >= 15 is 0 Å². The number of hydrazine groups is 1. The first kappa shape index (κ1) is 39.7. The van der Waals surface area contributed by atoms with Gasteiger partial charge in [0.15, 0.2) is 5.13 Å². The van der Waals surface area contributed by atoms with Gasteiger partial charge >= 0.3 is 0 Å². The Balaban J connectivity index is 2.00. The van der Waals surface area contributed by atoms with Crippen LogP contribution in [0.5, 0.6) is 0 Å². The number of benzene rings is 1. The van der Waals surface area contributed by atoms with Crippen LogP contribution in [0.2, 0.25) is 0 Å². The Morgan fingerprint density at radius 3 is 1.92 bits per heavy atom. The van der Waals surface area contributed by atoms with Crippen molar-refractivity contribution >= 4 is 40.3 Å². The van der Waals surface area contributed by atoms with E-state index in [0.29, 0.717) is 11.1 Å². The van der Waals surface area contributed by atoms with Crippen molar-refractivity contribution in [2.75, 3.05) is 25.0 Å². The highest BCUT2D eigenvalue weighted by molar-refractivity contribution is 7.16. The van der Waals surface area contributed by atoms with Gasteiger partial charge in [-0.3, -0.25) is 14.4 Å². The third-order valence-electron chi connectivity index (χ3n) is 9.07. The first-order valence-corrected chi connectivity index (χ1v) is 19.0. The van der Waals surface area contributed by atoms with E-state index in [1.54, 1.807) is 48.6 Å². The fourth-order valence-corrected chi connectivity index (χ4v) is 7.28. The maximum absolute atomic E-state index is 14.1. The monoisotopic (exact) mass is 687 g/mol. The van der Waals surface area contributed by atoms with Gasteiger partial charge in [0.1, 0.15) is 11.6 Å². The molecule has 3 rings (SSSR count). The Hall–Kier alpha value is -3.77. The molecule has 1 aromatic carbocycles. The molecule has 0 radical (unpaired) electrons. The fourth-order valence-electron chi connectivity index (χ4n) is 6.01. The van der Waals surface area contributed by atoms with Crippen molar-refractivity contribution in [3.63, 3.8) is 0 Å². The summed E-state index contributed by atoms with van der Waals surface area (Å²) < 4.78 is 0. The van der Waals surface area contributed by atoms with E-state index in [9.17, 15) is 19.6 Å². The van der Waals surface area contributed by atoms with Crippen LogP contribution in [-0.2, 0) is 15.0 Å². The van der Waals surface area contributed by atoms with Gasteiger partial charge in [0.25, 0.3) is 17.7 Å². The van der Waals surface area contributed by atoms with Crippen molar-refractivity contribution in [1.29, 1.82) is 5.26 Å². The van der Waals surface area contributed by atoms with Crippen LogP contribution < -0.4 is 4.90 Å². The maximum Gasteiger partial charge on any atom is 0.290 e. The molecule has 0 aliphatic carbocycles. The summed E-state index contributed by atoms with van der Waals surface area (Å²) in [5.41, 5.74) is 2.20. The maximum atomic E-state index is 14.1. The number of imide groups is 1. The number of thiazole rings is 1. The summed E-state index contributed by atoms with van der Waals surface area (Å²) >= 11 is 1.56. The smallest absolute Gasteiger partial charge is 0.290 e. The molecule has 0 spiro atoms. The molecular weight excluding hydrogens is 631 g/mol. The molecular formula is C40H57N5O3S. The number of carbonyl (C=O) groups is 3. The van der Waals surface area contributed by atoms with Crippen LogP contribution in [-0.4, -0.2) is 52.9 Å². The summed E-state index contributed by atoms with van der Waals surface area (Å²) in [5.74, 6) is -1.97. The van der Waals surface area contributed by atoms with Gasteiger partial charge in [-0.15, -0.1) is 0 Å². The largest absolute Gasteiger partial charge is 0.348 e. The number of aromatic nitrogens is 1. The number of nitriles is 1. The zero-order valence-corrected chi connectivity index (χ0v) is 32.0. The number of hydrogen-bond donors (Lipinski definition) is 0. The van der Waals surface area contributed by atoms with Gasteiger partial charge < -0.3 is 4.90 Å². The lowest BCUT2D eigenvalue weighted by molar-refractivity contribution is -0.153. The third-order valence-corrected chi connectivity index (χ3v) is 10.1. The van der Waals surface area contributed by atoms with Gasteiger partial charge in [-0.25, -0.2) is 9.99 Å². The Kier molecular flexibility index (Phi) is 15.3. The third kappa shape index (κ3) is 10.6. The van der Waals surface area contributed by atoms with E-state index in [2.05, 4.69) is 39.5 Å². The highest BCUT2D eigenvalue weighted by Gasteiger charge is 2.40. The molecule has 2 aromatic rings. The molecule has 9 heteroatoms. The lowest BCUT2D eigenvalue weighted by Gasteiger charge is -2.33. The van der Waals surface area contributed by atoms with Crippen LogP contribution in [0.3, 0.4) is 0 Å². The Labute approximate surface area is 298 Å². The number of unbranched alkanes of at least 4 members (excludes halogenated alkanes) is 10. The second-order valence-corrected chi connectivity index (χ2v) is 15.3. The average molecular weight is 688 g/mol. The minimum Gasteiger partial charge on any atom is -0.348 e. The van der Waals surface area contributed by atoms with E-state index in [-0.39, 0.29) is 16.6 Å². The van der Waals surface area contributed by atoms with Gasteiger partial charge in [0.2, 0.25) is 0 Å². The van der Waals surface area contributed by atoms with Gasteiger partial charge in [0, 0.05) is 36.7 Å². The molecule has 1 aliphatic rings. The average Bonchev–Trinajstić information content (AvgIpc) is 3.50. The van der Waals surface area contributed by atoms with Crippen molar-refractivity contribution in [2.45, 2.75) is 131 Å². The van der Waals surface area contributed by atoms with E-state index < -0.39 is 17.7 Å². The number of nitrogens with zero attached hydrogens (tertiary/aromatic N) is 5. The topological polar surface area (TPSA) is 97.6 Å². The zero-order chi connectivity index (χ0) is 36.1. The quantitative estimate of drug-likeness (QED) is 0.0880. The molecule has 0 saturated carbocycles. The zero-order valence-electron chi connectivity index (χ0n) is 31.2. The van der Waals surface area contributed by atoms with Crippen LogP contribution in [0.1, 0.15) is 145 Å². The SMILES string of the molecule is CCCCCCCCN(CCCCCCCC)c1nc(C(C)(C)C)c(/C=C2\C(=O)N(N(C)C(=O)c3ccc(C)cc3)C(=O)C(C#N)=C2C)s1. The lowest BCUT2D eigenvalue weighted by atomic mass is 9.89. The minimum absolute atomic E-state index is 0.163. The van der Waals surface area contributed by atoms with E-state index in [1.165, 1.54) is 71.3 Å². The second kappa shape index (κ2) is 18.8. The Bertz CT molecular complexity index is 1520. The Morgan fingerprint density at radius 2 is 1.41 bits per heavy atom. The van der Waals surface area contributed by atoms with Crippen molar-refractivity contribution in [2.24, 2.45) is 0 Å². The molecule has 1 aromatic heterocycles. The normalized spacial score (nSPS) is 14.5. The number of carbonyl (C=O) groups excluding carboxylic acids is 3. The molecule has 0 saturated heterocycles. The second-order valence-electron chi connectivity index (χ2n) is 14.3. The van der Waals surface area contributed by atoms with Gasteiger partial charge in [-0.2, -0.15) is 10.3 Å². The fraction of sp³-hybridized carbons (Fsp3) is 0.575. The van der Waals surface area contributed by atoms with Gasteiger partial charge in [0.05, 0.1) is 10.6 Å². The van der Waals surface area contributed by atoms with E-state index in [4.69, 9.17) is 4.98 Å². The van der Waals surface area contributed by atoms with Crippen molar-refractivity contribution in [1.82, 2.24) is 15.0 Å². The van der Waals surface area contributed by atoms with Crippen LogP contribution in [0.4, 0.5) is 5.13 Å². The molecule has 0 fully saturated rings. The predicted octanol–water partition coefficient (Wildman–Crippen LogP) is 9.56. The molecule has 1 aliphatic heterocycles. The summed E-state index contributed by atoms with van der Waals surface area (Å²) in [7, 11) is 1.39. The van der Waals surface area contributed by atoms with Crippen LogP contribution in [0.15, 0.2) is 41.0 Å². The molecule has 3 amide bonds. The first-order valence-electron chi connectivity index (χ1n) is 18.2. The molecule has 266 valence electrons. The van der Waals surface area contributed by atoms with Crippen LogP contribution in [0, 0.1) is 18.3 Å². The van der Waals surface area contributed by atoms with Crippen LogP contribution in [0.25, 0.3) is 6.08 Å². The summed E-state index contributed by atoms with van der Waals surface area (Å²) in [6, 6.07) is 8.92. The number of aryl methyl sites for hydroxylation is 1. The van der Waals surface area contributed by atoms with Crippen molar-refractivity contribution < 1.29 is 14.4 Å². The molecule has 0 N–H and O–H groups in total. The van der Waals surface area contributed by atoms with Gasteiger partial charge in [-0.1, -0.05) is 128 Å². The summed E-state index contributed by atoms with van der Waals surface area (Å²) in [6.07, 6.45) is 16.4. The minimum atomic E-state index is -0.810. The van der Waals surface area contributed by atoms with Crippen LogP contribution >= 0.6 is 11.3 Å². The standard InChI is InChI=1S/C40H57N5O3S/c1-9-11-13-15-17-19-25-44(26-20-18-16-14-12-10-2)39-42-35(40(5,6)7)34(49-39)27-32-30(4)33(28-41)38(48)45(37(32)47)43(8)36(46)31-23-21-29(3)22-24-31/h21-24,27H,9-20,25-26H2,1-8H3/b32-27-. The summed E-state index contributed by atoms with van der Waals surface area (Å²) in [6.45, 7) is 16.2. The van der Waals surface area contributed by atoms with Gasteiger partial charge in [-0.05, 0) is 50.5 Å². The highest BCUT2D eigenvalue weighted by Crippen LogP contribution is 2.38. The number of hydrogen-bond acceptors (Lipinski definition) is 7. The summed E-state index contributed by atoms with van der Waals surface area (Å²) in [4.78, 5) is 49.5. The molecule has 8 nitrogen and oxygen atoms in total. The molecule has 49 heavy (non-hydrogen) atoms. The number of amides is 3. The number of rotatable bonds is 18. The first-order chi connectivity index (χ1) is 23.3.